The third kappa shape index (κ3) is 4.13. The monoisotopic (exact) mass is 330 g/mol. The van der Waals surface area contributed by atoms with E-state index in [2.05, 4.69) is 29.0 Å². The highest BCUT2D eigenvalue weighted by molar-refractivity contribution is 7.98. The Morgan fingerprint density at radius 3 is 2.57 bits per heavy atom. The molecule has 1 aromatic heterocycles. The number of aromatic nitrogens is 3. The minimum Gasteiger partial charge on any atom is -0.338 e. The van der Waals surface area contributed by atoms with Crippen molar-refractivity contribution in [3.63, 3.8) is 0 Å². The van der Waals surface area contributed by atoms with Crippen LogP contribution in [0.3, 0.4) is 0 Å². The van der Waals surface area contributed by atoms with Crippen molar-refractivity contribution < 1.29 is 4.79 Å². The molecule has 1 aromatic carbocycles. The molecule has 2 heterocycles. The lowest BCUT2D eigenvalue weighted by atomic mass is 9.91. The van der Waals surface area contributed by atoms with Gasteiger partial charge in [0.05, 0.1) is 0 Å². The summed E-state index contributed by atoms with van der Waals surface area (Å²) >= 11 is 1.60. The molecule has 0 bridgehead atoms. The number of amides is 1. The minimum atomic E-state index is 0.151. The zero-order valence-corrected chi connectivity index (χ0v) is 14.3. The molecular formula is C17H22N4OS. The molecule has 0 radical (unpaired) electrons. The van der Waals surface area contributed by atoms with Crippen molar-refractivity contribution in [2.75, 3.05) is 13.1 Å². The molecule has 1 amide bonds. The Labute approximate surface area is 140 Å². The van der Waals surface area contributed by atoms with E-state index in [0.717, 1.165) is 29.6 Å². The van der Waals surface area contributed by atoms with Crippen LogP contribution in [0.25, 0.3) is 0 Å². The highest BCUT2D eigenvalue weighted by atomic mass is 32.2. The number of aromatic amines is 1. The molecule has 6 heteroatoms. The Bertz CT molecular complexity index is 631. The van der Waals surface area contributed by atoms with E-state index in [9.17, 15) is 4.79 Å². The molecule has 0 saturated carbocycles. The molecule has 2 aromatic rings. The highest BCUT2D eigenvalue weighted by Crippen LogP contribution is 2.23. The first-order valence-corrected chi connectivity index (χ1v) is 8.96. The second-order valence-corrected chi connectivity index (χ2v) is 7.40. The highest BCUT2D eigenvalue weighted by Gasteiger charge is 2.25. The average molecular weight is 330 g/mol. The van der Waals surface area contributed by atoms with Crippen LogP contribution in [0, 0.1) is 11.8 Å². The van der Waals surface area contributed by atoms with Gasteiger partial charge in [-0.05, 0) is 36.0 Å². The van der Waals surface area contributed by atoms with Crippen LogP contribution in [0.1, 0.15) is 36.2 Å². The standard InChI is InChI=1S/C17H22N4OS/c1-12-7-13(2)9-21(8-12)16(22)15-5-3-14(4-6-15)10-23-17-18-11-19-20-17/h3-6,11-13H,7-10H2,1-2H3,(H,18,19,20). The molecule has 1 aliphatic heterocycles. The largest absolute Gasteiger partial charge is 0.338 e. The first-order chi connectivity index (χ1) is 11.1. The summed E-state index contributed by atoms with van der Waals surface area (Å²) in [5, 5.41) is 7.46. The van der Waals surface area contributed by atoms with Crippen molar-refractivity contribution >= 4 is 17.7 Å². The number of nitrogens with one attached hydrogen (secondary N) is 1. The van der Waals surface area contributed by atoms with Gasteiger partial charge in [0.1, 0.15) is 6.33 Å². The van der Waals surface area contributed by atoms with E-state index in [1.165, 1.54) is 18.3 Å². The maximum atomic E-state index is 12.6. The zero-order valence-electron chi connectivity index (χ0n) is 13.5. The number of rotatable bonds is 4. The van der Waals surface area contributed by atoms with Crippen molar-refractivity contribution in [2.24, 2.45) is 11.8 Å². The third-order valence-corrected chi connectivity index (χ3v) is 5.07. The number of carbonyl (C=O) groups excluding carboxylic acids is 1. The van der Waals surface area contributed by atoms with E-state index < -0.39 is 0 Å². The van der Waals surface area contributed by atoms with Crippen molar-refractivity contribution in [1.29, 1.82) is 0 Å². The normalized spacial score (nSPS) is 21.4. The molecular weight excluding hydrogens is 308 g/mol. The molecule has 23 heavy (non-hydrogen) atoms. The average Bonchev–Trinajstić information content (AvgIpc) is 3.05. The number of carbonyl (C=O) groups is 1. The lowest BCUT2D eigenvalue weighted by molar-refractivity contribution is 0.0623. The Kier molecular flexibility index (Phi) is 5.00. The fourth-order valence-electron chi connectivity index (χ4n) is 3.17. The molecule has 1 fully saturated rings. The maximum absolute atomic E-state index is 12.6. The molecule has 2 atom stereocenters. The van der Waals surface area contributed by atoms with E-state index in [4.69, 9.17) is 0 Å². The number of H-pyrrole nitrogens is 1. The van der Waals surface area contributed by atoms with Gasteiger partial charge in [-0.1, -0.05) is 37.7 Å². The van der Waals surface area contributed by atoms with Gasteiger partial charge >= 0.3 is 0 Å². The van der Waals surface area contributed by atoms with Gasteiger partial charge in [-0.3, -0.25) is 9.89 Å². The molecule has 5 nitrogen and oxygen atoms in total. The molecule has 3 rings (SSSR count). The van der Waals surface area contributed by atoms with Crippen LogP contribution < -0.4 is 0 Å². The number of benzene rings is 1. The molecule has 1 saturated heterocycles. The van der Waals surface area contributed by atoms with E-state index in [-0.39, 0.29) is 5.91 Å². The summed E-state index contributed by atoms with van der Waals surface area (Å²) in [6, 6.07) is 7.91. The maximum Gasteiger partial charge on any atom is 0.253 e. The van der Waals surface area contributed by atoms with Crippen LogP contribution in [0.2, 0.25) is 0 Å². The SMILES string of the molecule is CC1CC(C)CN(C(=O)c2ccc(CSc3ncn[nH]3)cc2)C1. The predicted octanol–water partition coefficient (Wildman–Crippen LogP) is 3.22. The zero-order chi connectivity index (χ0) is 16.2. The number of likely N-dealkylation sites (tertiary alicyclic amines) is 1. The summed E-state index contributed by atoms with van der Waals surface area (Å²) in [6.45, 7) is 6.18. The molecule has 2 unspecified atom stereocenters. The first-order valence-electron chi connectivity index (χ1n) is 7.98. The fourth-order valence-corrected chi connectivity index (χ4v) is 3.91. The van der Waals surface area contributed by atoms with E-state index in [1.807, 2.05) is 29.2 Å². The van der Waals surface area contributed by atoms with Gasteiger partial charge in [0.2, 0.25) is 0 Å². The van der Waals surface area contributed by atoms with Crippen LogP contribution in [0.15, 0.2) is 35.7 Å². The van der Waals surface area contributed by atoms with Gasteiger partial charge in [0.15, 0.2) is 5.16 Å². The van der Waals surface area contributed by atoms with Crippen LogP contribution in [-0.4, -0.2) is 39.1 Å². The van der Waals surface area contributed by atoms with Crippen LogP contribution in [0.5, 0.6) is 0 Å². The fraction of sp³-hybridized carbons (Fsp3) is 0.471. The minimum absolute atomic E-state index is 0.151. The number of nitrogens with zero attached hydrogens (tertiary/aromatic N) is 3. The molecule has 122 valence electrons. The topological polar surface area (TPSA) is 61.9 Å². The number of hydrogen-bond acceptors (Lipinski definition) is 4. The van der Waals surface area contributed by atoms with Gasteiger partial charge in [0.25, 0.3) is 5.91 Å². The second kappa shape index (κ2) is 7.17. The summed E-state index contributed by atoms with van der Waals surface area (Å²) in [7, 11) is 0. The second-order valence-electron chi connectivity index (χ2n) is 6.43. The summed E-state index contributed by atoms with van der Waals surface area (Å²) in [5.74, 6) is 2.12. The third-order valence-electron chi connectivity index (χ3n) is 4.13. The summed E-state index contributed by atoms with van der Waals surface area (Å²) in [4.78, 5) is 18.7. The first kappa shape index (κ1) is 16.1. The van der Waals surface area contributed by atoms with Gasteiger partial charge < -0.3 is 4.90 Å². The van der Waals surface area contributed by atoms with Crippen molar-refractivity contribution in [1.82, 2.24) is 20.1 Å². The summed E-state index contributed by atoms with van der Waals surface area (Å²) in [6.07, 6.45) is 2.71. The smallest absolute Gasteiger partial charge is 0.253 e. The molecule has 1 N–H and O–H groups in total. The van der Waals surface area contributed by atoms with Gasteiger partial charge in [-0.2, -0.15) is 5.10 Å². The molecule has 0 aliphatic carbocycles. The van der Waals surface area contributed by atoms with Crippen molar-refractivity contribution in [2.45, 2.75) is 31.2 Å². The summed E-state index contributed by atoms with van der Waals surface area (Å²) in [5.41, 5.74) is 1.95. The van der Waals surface area contributed by atoms with Crippen molar-refractivity contribution in [3.05, 3.63) is 41.7 Å². The molecule has 0 spiro atoms. The lowest BCUT2D eigenvalue weighted by Crippen LogP contribution is -2.42. The number of piperidine rings is 1. The van der Waals surface area contributed by atoms with Crippen LogP contribution in [-0.2, 0) is 5.75 Å². The Hall–Kier alpha value is -1.82. The lowest BCUT2D eigenvalue weighted by Gasteiger charge is -2.35. The van der Waals surface area contributed by atoms with E-state index >= 15 is 0 Å². The predicted molar refractivity (Wildman–Crippen MR) is 91.2 cm³/mol. The van der Waals surface area contributed by atoms with Crippen LogP contribution >= 0.6 is 11.8 Å². The van der Waals surface area contributed by atoms with Gasteiger partial charge in [-0.25, -0.2) is 4.98 Å². The Morgan fingerprint density at radius 1 is 1.26 bits per heavy atom. The van der Waals surface area contributed by atoms with E-state index in [1.54, 1.807) is 11.8 Å². The molecule has 1 aliphatic rings. The van der Waals surface area contributed by atoms with Crippen LogP contribution in [0.4, 0.5) is 0 Å². The Balaban J connectivity index is 1.61. The van der Waals surface area contributed by atoms with Crippen molar-refractivity contribution in [3.8, 4) is 0 Å². The van der Waals surface area contributed by atoms with Gasteiger partial charge in [0, 0.05) is 24.4 Å². The number of thioether (sulfide) groups is 1. The quantitative estimate of drug-likeness (QED) is 0.875. The van der Waals surface area contributed by atoms with E-state index in [0.29, 0.717) is 11.8 Å². The Morgan fingerprint density at radius 2 is 1.96 bits per heavy atom. The number of hydrogen-bond donors (Lipinski definition) is 1. The summed E-state index contributed by atoms with van der Waals surface area (Å²) < 4.78 is 0. The van der Waals surface area contributed by atoms with Gasteiger partial charge in [-0.15, -0.1) is 0 Å².